The van der Waals surface area contributed by atoms with E-state index in [4.69, 9.17) is 9.47 Å². The van der Waals surface area contributed by atoms with Crippen LogP contribution in [0.4, 0.5) is 19.0 Å². The van der Waals surface area contributed by atoms with E-state index in [1.165, 1.54) is 11.9 Å². The highest BCUT2D eigenvalue weighted by atomic mass is 32.1. The van der Waals surface area contributed by atoms with Crippen LogP contribution in [0.5, 0.6) is 0 Å². The molecule has 0 amide bonds. The fourth-order valence-electron chi connectivity index (χ4n) is 6.13. The lowest BCUT2D eigenvalue weighted by molar-refractivity contribution is -0.126. The third kappa shape index (κ3) is 7.93. The Balaban J connectivity index is 1.07. The molecule has 248 valence electrons. The summed E-state index contributed by atoms with van der Waals surface area (Å²) in [6.45, 7) is 7.50. The number of piperidine rings is 1. The van der Waals surface area contributed by atoms with E-state index in [1.54, 1.807) is 13.2 Å². The quantitative estimate of drug-likeness (QED) is 0.155. The van der Waals surface area contributed by atoms with Gasteiger partial charge in [-0.3, -0.25) is 9.58 Å². The molecule has 5 aromatic rings. The number of ether oxygens (including phenoxy) is 2. The van der Waals surface area contributed by atoms with Crippen LogP contribution in [0.25, 0.3) is 21.1 Å². The number of aryl methyl sites for hydroxylation is 1. The lowest BCUT2D eigenvalue weighted by atomic mass is 10.0. The van der Waals surface area contributed by atoms with Crippen LogP contribution in [0.3, 0.4) is 0 Å². The molecule has 0 unspecified atom stereocenters. The topological polar surface area (TPSA) is 106 Å². The molecule has 5 heterocycles. The summed E-state index contributed by atoms with van der Waals surface area (Å²) in [6.07, 6.45) is 1.78. The van der Waals surface area contributed by atoms with Crippen LogP contribution >= 0.6 is 11.3 Å². The van der Waals surface area contributed by atoms with Crippen LogP contribution in [0, 0.1) is 18.3 Å². The first-order valence-corrected chi connectivity index (χ1v) is 16.4. The number of anilines is 1. The van der Waals surface area contributed by atoms with Crippen LogP contribution in [0.15, 0.2) is 43.0 Å². The number of alkyl halides is 3. The number of thiophene rings is 1. The maximum atomic E-state index is 12.9. The summed E-state index contributed by atoms with van der Waals surface area (Å²) in [7, 11) is 1.65. The molecule has 14 heteroatoms. The van der Waals surface area contributed by atoms with Crippen molar-refractivity contribution in [1.29, 1.82) is 5.26 Å². The van der Waals surface area contributed by atoms with Gasteiger partial charge in [0.15, 0.2) is 0 Å². The standard InChI is InChI=1S/C33H37F3N8O2S/c1-22-24(3-4-30-28(22)13-26(16-37)44(30)19-23-17-40-43(18-23)9-10-46-12-11-45-2)20-42-7-5-25(6-8-42)41-31-29-14-27(15-33(34,35)36)47-32(29)39-21-38-31/h3-4,13-14,17-18,21,25H,5-12,15,19-20H2,1-2H3,(H,38,39,41). The number of rotatable bonds is 13. The molecule has 0 bridgehead atoms. The van der Waals surface area contributed by atoms with E-state index in [0.29, 0.717) is 54.6 Å². The number of aromatic nitrogens is 5. The third-order valence-corrected chi connectivity index (χ3v) is 9.63. The second-order valence-corrected chi connectivity index (χ2v) is 13.0. The van der Waals surface area contributed by atoms with Gasteiger partial charge in [-0.15, -0.1) is 11.3 Å². The second-order valence-electron chi connectivity index (χ2n) is 11.9. The van der Waals surface area contributed by atoms with Crippen LogP contribution < -0.4 is 5.32 Å². The lowest BCUT2D eigenvalue weighted by Gasteiger charge is -2.33. The maximum Gasteiger partial charge on any atom is 0.393 e. The Morgan fingerprint density at radius 3 is 2.68 bits per heavy atom. The molecule has 47 heavy (non-hydrogen) atoms. The van der Waals surface area contributed by atoms with Crippen molar-refractivity contribution in [3.63, 3.8) is 0 Å². The normalized spacial score (nSPS) is 14.7. The number of methoxy groups -OCH3 is 1. The summed E-state index contributed by atoms with van der Waals surface area (Å²) in [5.74, 6) is 0.594. The SMILES string of the molecule is COCCOCCn1cc(Cn2c(C#N)cc3c(C)c(CN4CCC(Nc5ncnc6sc(CC(F)(F)F)cc56)CC4)ccc32)cn1. The molecule has 1 aromatic carbocycles. The second kappa shape index (κ2) is 14.4. The Labute approximate surface area is 274 Å². The predicted molar refractivity (Wildman–Crippen MR) is 175 cm³/mol. The summed E-state index contributed by atoms with van der Waals surface area (Å²) < 4.78 is 53.3. The average molecular weight is 667 g/mol. The van der Waals surface area contributed by atoms with Crippen LogP contribution in [0.2, 0.25) is 0 Å². The van der Waals surface area contributed by atoms with Crippen molar-refractivity contribution < 1.29 is 22.6 Å². The molecule has 4 aromatic heterocycles. The van der Waals surface area contributed by atoms with Crippen molar-refractivity contribution in [1.82, 2.24) is 29.2 Å². The first-order chi connectivity index (χ1) is 22.7. The fourth-order valence-corrected chi connectivity index (χ4v) is 7.15. The minimum atomic E-state index is -4.26. The number of hydrogen-bond donors (Lipinski definition) is 1. The highest BCUT2D eigenvalue weighted by Gasteiger charge is 2.29. The highest BCUT2D eigenvalue weighted by molar-refractivity contribution is 7.18. The van der Waals surface area contributed by atoms with Crippen LogP contribution in [0.1, 0.15) is 40.1 Å². The Bertz CT molecular complexity index is 1870. The molecule has 1 aliphatic heterocycles. The highest BCUT2D eigenvalue weighted by Crippen LogP contribution is 2.33. The molecular weight excluding hydrogens is 629 g/mol. The summed E-state index contributed by atoms with van der Waals surface area (Å²) in [4.78, 5) is 11.8. The summed E-state index contributed by atoms with van der Waals surface area (Å²) in [5.41, 5.74) is 5.02. The lowest BCUT2D eigenvalue weighted by Crippen LogP contribution is -2.39. The molecule has 0 atom stereocenters. The number of halogens is 3. The number of nitriles is 1. The molecule has 0 spiro atoms. The minimum absolute atomic E-state index is 0.165. The van der Waals surface area contributed by atoms with E-state index in [0.717, 1.165) is 65.8 Å². The smallest absolute Gasteiger partial charge is 0.382 e. The van der Waals surface area contributed by atoms with Gasteiger partial charge in [0.25, 0.3) is 0 Å². The van der Waals surface area contributed by atoms with Gasteiger partial charge in [-0.25, -0.2) is 9.97 Å². The van der Waals surface area contributed by atoms with E-state index < -0.39 is 12.6 Å². The number of nitrogens with one attached hydrogen (secondary N) is 1. The van der Waals surface area contributed by atoms with Gasteiger partial charge in [0.2, 0.25) is 0 Å². The van der Waals surface area contributed by atoms with Gasteiger partial charge >= 0.3 is 6.18 Å². The Hall–Kier alpha value is -4.03. The van der Waals surface area contributed by atoms with E-state index in [-0.39, 0.29) is 10.9 Å². The zero-order chi connectivity index (χ0) is 33.0. The summed E-state index contributed by atoms with van der Waals surface area (Å²) in [6, 6.07) is 10.3. The Morgan fingerprint density at radius 1 is 1.09 bits per heavy atom. The number of likely N-dealkylation sites (tertiary alicyclic amines) is 1. The molecule has 0 saturated carbocycles. The largest absolute Gasteiger partial charge is 0.393 e. The zero-order valence-electron chi connectivity index (χ0n) is 26.4. The first-order valence-electron chi connectivity index (χ1n) is 15.6. The third-order valence-electron chi connectivity index (χ3n) is 8.58. The average Bonchev–Trinajstić information content (AvgIpc) is 3.76. The fraction of sp³-hybridized carbons (Fsp3) is 0.455. The Morgan fingerprint density at radius 2 is 1.91 bits per heavy atom. The van der Waals surface area contributed by atoms with Gasteiger partial charge in [-0.1, -0.05) is 6.07 Å². The summed E-state index contributed by atoms with van der Waals surface area (Å²) in [5, 5.41) is 19.6. The van der Waals surface area contributed by atoms with E-state index in [9.17, 15) is 18.4 Å². The van der Waals surface area contributed by atoms with Crippen molar-refractivity contribution in [2.45, 2.75) is 58.0 Å². The van der Waals surface area contributed by atoms with Crippen molar-refractivity contribution in [2.24, 2.45) is 0 Å². The molecule has 0 radical (unpaired) electrons. The van der Waals surface area contributed by atoms with Crippen molar-refractivity contribution >= 4 is 38.3 Å². The van der Waals surface area contributed by atoms with Gasteiger partial charge in [0.05, 0.1) is 50.9 Å². The van der Waals surface area contributed by atoms with Gasteiger partial charge in [-0.2, -0.15) is 23.5 Å². The molecular formula is C33H37F3N8O2S. The number of fused-ring (bicyclic) bond motifs is 2. The molecule has 0 aliphatic carbocycles. The van der Waals surface area contributed by atoms with Crippen molar-refractivity contribution in [3.8, 4) is 6.07 Å². The van der Waals surface area contributed by atoms with Gasteiger partial charge in [-0.05, 0) is 49.1 Å². The van der Waals surface area contributed by atoms with Crippen LogP contribution in [-0.4, -0.2) is 81.5 Å². The van der Waals surface area contributed by atoms with E-state index in [1.807, 2.05) is 27.7 Å². The predicted octanol–water partition coefficient (Wildman–Crippen LogP) is 5.92. The molecule has 1 N–H and O–H groups in total. The zero-order valence-corrected chi connectivity index (χ0v) is 27.2. The van der Waals surface area contributed by atoms with Crippen LogP contribution in [-0.2, 0) is 35.5 Å². The van der Waals surface area contributed by atoms with E-state index in [2.05, 4.69) is 50.4 Å². The molecule has 1 fully saturated rings. The van der Waals surface area contributed by atoms with Gasteiger partial charge in [0, 0.05) is 60.3 Å². The number of benzene rings is 1. The maximum absolute atomic E-state index is 12.9. The van der Waals surface area contributed by atoms with Crippen molar-refractivity contribution in [2.75, 3.05) is 45.3 Å². The molecule has 10 nitrogen and oxygen atoms in total. The minimum Gasteiger partial charge on any atom is -0.382 e. The molecule has 6 rings (SSSR count). The number of hydrogen-bond acceptors (Lipinski definition) is 9. The monoisotopic (exact) mass is 666 g/mol. The van der Waals surface area contributed by atoms with Gasteiger partial charge < -0.3 is 19.4 Å². The summed E-state index contributed by atoms with van der Waals surface area (Å²) >= 11 is 1.06. The number of nitrogens with zero attached hydrogens (tertiary/aromatic N) is 7. The van der Waals surface area contributed by atoms with Crippen molar-refractivity contribution in [3.05, 3.63) is 70.2 Å². The molecule has 1 aliphatic rings. The Kier molecular flexibility index (Phi) is 10.1. The van der Waals surface area contributed by atoms with E-state index >= 15 is 0 Å². The molecule has 1 saturated heterocycles. The van der Waals surface area contributed by atoms with Gasteiger partial charge in [0.1, 0.15) is 28.7 Å². The first kappa shape index (κ1) is 32.9.